The van der Waals surface area contributed by atoms with Gasteiger partial charge in [-0.3, -0.25) is 9.59 Å². The zero-order valence-corrected chi connectivity index (χ0v) is 28.6. The summed E-state index contributed by atoms with van der Waals surface area (Å²) >= 11 is 0. The fourth-order valence-electron chi connectivity index (χ4n) is 12.3. The lowest BCUT2D eigenvalue weighted by atomic mass is 9.37. The molecule has 14 nitrogen and oxygen atoms in total. The Balaban J connectivity index is 1.41. The molecular weight excluding hydrogens is 632 g/mol. The average Bonchev–Trinajstić information content (AvgIpc) is 3.78. The molecule has 0 unspecified atom stereocenters. The van der Waals surface area contributed by atoms with Crippen LogP contribution in [-0.2, 0) is 57.0 Å². The molecule has 2 bridgehead atoms. The van der Waals surface area contributed by atoms with Crippen LogP contribution in [0.5, 0.6) is 0 Å². The minimum Gasteiger partial charge on any atom is -0.469 e. The predicted molar refractivity (Wildman–Crippen MR) is 158 cm³/mol. The first kappa shape index (κ1) is 32.9. The van der Waals surface area contributed by atoms with Crippen LogP contribution >= 0.6 is 0 Å². The number of hydrogen-bond acceptors (Lipinski definition) is 14. The predicted octanol–water partition coefficient (Wildman–Crippen LogP) is 0.988. The van der Waals surface area contributed by atoms with Crippen molar-refractivity contribution >= 4 is 17.9 Å². The fourth-order valence-corrected chi connectivity index (χ4v) is 12.3. The first-order valence-electron chi connectivity index (χ1n) is 16.9. The quantitative estimate of drug-likeness (QED) is 0.311. The molecule has 266 valence electrons. The van der Waals surface area contributed by atoms with Gasteiger partial charge in [0.05, 0.1) is 50.8 Å². The van der Waals surface area contributed by atoms with E-state index >= 15 is 0 Å². The molecule has 0 radical (unpaired) electrons. The summed E-state index contributed by atoms with van der Waals surface area (Å²) in [7, 11) is 2.58. The van der Waals surface area contributed by atoms with Crippen molar-refractivity contribution in [3.8, 4) is 0 Å². The van der Waals surface area contributed by atoms with Crippen molar-refractivity contribution in [3.05, 3.63) is 12.3 Å². The first-order chi connectivity index (χ1) is 22.5. The van der Waals surface area contributed by atoms with Crippen LogP contribution in [0.2, 0.25) is 0 Å². The monoisotopic (exact) mass is 678 g/mol. The number of fused-ring (bicyclic) bond motifs is 11. The lowest BCUT2D eigenvalue weighted by Gasteiger charge is -2.66. The van der Waals surface area contributed by atoms with E-state index < -0.39 is 117 Å². The van der Waals surface area contributed by atoms with E-state index in [0.717, 1.165) is 0 Å². The third-order valence-electron chi connectivity index (χ3n) is 14.0. The Labute approximate surface area is 278 Å². The standard InChI is InChI=1S/C34H46O14/c1-15(2)24(36)46-19-12-18(45-16(3)35)28(4)13-43-21-22(28)31(19)14-44-33(41-8,26(37)40-7)25(31)29(5)23(21)48-30(6)17-11-20(34(29,30)39)47-27-32(17,38)9-10-42-27/h9-10,15,17-23,25,27,38-39H,11-14H2,1-8H3/t17-,18+,19-,20-,21+,22-,23+,25-,27-,28+,29+,30+,31-,32-,33-,34-/m0/s1. The molecule has 7 fully saturated rings. The van der Waals surface area contributed by atoms with Crippen molar-refractivity contribution in [2.24, 2.45) is 39.9 Å². The SMILES string of the molecule is COC(=O)[C@@]1(OC)OC[C@@]23[C@@H](OC(=O)C(C)C)C[C@@H](OC(C)=O)[C@@]4(C)CO[C@@H]([C@H]5O[C@]6(C)[C@@H]7C[C@H](O[C@@H]8OC=C[C@@]87O)[C@]6(O)[C@@]5(C)[C@H]12)[C@@H]43. The lowest BCUT2D eigenvalue weighted by molar-refractivity contribution is -0.318. The van der Waals surface area contributed by atoms with Gasteiger partial charge >= 0.3 is 17.9 Å². The molecule has 0 aromatic carbocycles. The molecule has 3 aliphatic carbocycles. The Morgan fingerprint density at radius 2 is 1.73 bits per heavy atom. The number of esters is 3. The second kappa shape index (κ2) is 9.71. The van der Waals surface area contributed by atoms with E-state index in [1.54, 1.807) is 20.8 Å². The van der Waals surface area contributed by atoms with Crippen LogP contribution in [0.25, 0.3) is 0 Å². The second-order valence-electron chi connectivity index (χ2n) is 16.1. The average molecular weight is 679 g/mol. The molecule has 5 heterocycles. The normalized spacial score (nSPS) is 56.4. The van der Waals surface area contributed by atoms with Gasteiger partial charge in [-0.25, -0.2) is 4.79 Å². The highest BCUT2D eigenvalue weighted by Gasteiger charge is 2.94. The van der Waals surface area contributed by atoms with Crippen LogP contribution in [0.4, 0.5) is 0 Å². The molecule has 8 rings (SSSR count). The van der Waals surface area contributed by atoms with Gasteiger partial charge in [-0.1, -0.05) is 27.7 Å². The molecule has 8 aliphatic rings. The topological polar surface area (TPSA) is 175 Å². The van der Waals surface area contributed by atoms with Gasteiger partial charge in [0.1, 0.15) is 23.4 Å². The summed E-state index contributed by atoms with van der Waals surface area (Å²) in [5.74, 6) is -6.79. The van der Waals surface area contributed by atoms with Gasteiger partial charge < -0.3 is 52.8 Å². The molecule has 0 aromatic rings. The van der Waals surface area contributed by atoms with Crippen molar-refractivity contribution < 1.29 is 67.2 Å². The molecule has 0 amide bonds. The van der Waals surface area contributed by atoms with Gasteiger partial charge in [0, 0.05) is 54.5 Å². The zero-order chi connectivity index (χ0) is 34.6. The highest BCUT2D eigenvalue weighted by atomic mass is 16.7. The van der Waals surface area contributed by atoms with E-state index in [2.05, 4.69) is 0 Å². The smallest absolute Gasteiger partial charge is 0.366 e. The molecule has 1 spiro atoms. The van der Waals surface area contributed by atoms with Gasteiger partial charge in [-0.2, -0.15) is 0 Å². The lowest BCUT2D eigenvalue weighted by Crippen LogP contribution is -2.78. The molecule has 16 atom stereocenters. The van der Waals surface area contributed by atoms with E-state index in [9.17, 15) is 24.6 Å². The molecule has 2 N–H and O–H groups in total. The summed E-state index contributed by atoms with van der Waals surface area (Å²) in [4.78, 5) is 40.2. The first-order valence-corrected chi connectivity index (χ1v) is 16.9. The molecular formula is C34H46O14. The molecule has 3 saturated carbocycles. The Morgan fingerprint density at radius 3 is 2.38 bits per heavy atom. The van der Waals surface area contributed by atoms with Crippen molar-refractivity contribution in [2.75, 3.05) is 27.4 Å². The van der Waals surface area contributed by atoms with Crippen LogP contribution < -0.4 is 0 Å². The van der Waals surface area contributed by atoms with E-state index in [1.807, 2.05) is 13.8 Å². The maximum Gasteiger partial charge on any atom is 0.366 e. The third-order valence-corrected chi connectivity index (χ3v) is 14.0. The second-order valence-corrected chi connectivity index (χ2v) is 16.1. The summed E-state index contributed by atoms with van der Waals surface area (Å²) in [6.45, 7) is 10.4. The largest absolute Gasteiger partial charge is 0.469 e. The summed E-state index contributed by atoms with van der Waals surface area (Å²) in [6.07, 6.45) is -2.14. The Kier molecular flexibility index (Phi) is 6.64. The van der Waals surface area contributed by atoms with Gasteiger partial charge in [0.2, 0.25) is 6.29 Å². The number of hydrogen-bond donors (Lipinski definition) is 2. The molecule has 48 heavy (non-hydrogen) atoms. The Morgan fingerprint density at radius 1 is 1.00 bits per heavy atom. The van der Waals surface area contributed by atoms with Gasteiger partial charge in [-0.15, -0.1) is 0 Å². The van der Waals surface area contributed by atoms with Crippen molar-refractivity contribution in [1.29, 1.82) is 0 Å². The maximum absolute atomic E-state index is 14.1. The Hall–Kier alpha value is -2.33. The van der Waals surface area contributed by atoms with Gasteiger partial charge in [-0.05, 0) is 19.4 Å². The fraction of sp³-hybridized carbons (Fsp3) is 0.853. The van der Waals surface area contributed by atoms with Crippen LogP contribution in [0, 0.1) is 39.9 Å². The number of carbonyl (C=O) groups excluding carboxylic acids is 3. The van der Waals surface area contributed by atoms with Crippen LogP contribution in [0.1, 0.15) is 54.4 Å². The molecule has 0 aromatic heterocycles. The van der Waals surface area contributed by atoms with Crippen LogP contribution in [0.3, 0.4) is 0 Å². The zero-order valence-electron chi connectivity index (χ0n) is 28.6. The van der Waals surface area contributed by atoms with Gasteiger partial charge in [0.15, 0.2) is 5.60 Å². The highest BCUT2D eigenvalue weighted by molar-refractivity contribution is 5.80. The Bertz CT molecular complexity index is 1480. The van der Waals surface area contributed by atoms with Crippen LogP contribution in [-0.4, -0.2) is 115 Å². The highest BCUT2D eigenvalue weighted by Crippen LogP contribution is 2.81. The molecule has 4 saturated heterocycles. The maximum atomic E-state index is 14.1. The van der Waals surface area contributed by atoms with Gasteiger partial charge in [0.25, 0.3) is 5.79 Å². The van der Waals surface area contributed by atoms with E-state index in [4.69, 9.17) is 42.6 Å². The third kappa shape index (κ3) is 3.28. The van der Waals surface area contributed by atoms with Crippen molar-refractivity contribution in [2.45, 2.75) is 114 Å². The minimum absolute atomic E-state index is 0.0856. The summed E-state index contributed by atoms with van der Waals surface area (Å²) in [5, 5.41) is 25.6. The van der Waals surface area contributed by atoms with Crippen LogP contribution in [0.15, 0.2) is 12.3 Å². The molecule has 14 heteroatoms. The van der Waals surface area contributed by atoms with Crippen molar-refractivity contribution in [3.63, 3.8) is 0 Å². The number of rotatable bonds is 5. The number of carbonyl (C=O) groups is 3. The van der Waals surface area contributed by atoms with E-state index in [1.165, 1.54) is 33.5 Å². The van der Waals surface area contributed by atoms with E-state index in [0.29, 0.717) is 0 Å². The van der Waals surface area contributed by atoms with E-state index in [-0.39, 0.29) is 26.1 Å². The number of methoxy groups -OCH3 is 2. The number of aliphatic hydroxyl groups is 2. The summed E-state index contributed by atoms with van der Waals surface area (Å²) in [5.41, 5.74) is -8.57. The number of ether oxygens (including phenoxy) is 9. The summed E-state index contributed by atoms with van der Waals surface area (Å²) in [6, 6.07) is 0. The summed E-state index contributed by atoms with van der Waals surface area (Å²) < 4.78 is 56.4. The minimum atomic E-state index is -2.10. The van der Waals surface area contributed by atoms with Crippen molar-refractivity contribution in [1.82, 2.24) is 0 Å². The molecule has 5 aliphatic heterocycles.